The highest BCUT2D eigenvalue weighted by Gasteiger charge is 2.53. The molecule has 0 radical (unpaired) electrons. The zero-order valence-corrected chi connectivity index (χ0v) is 14.0. The number of rotatable bonds is 1. The highest BCUT2D eigenvalue weighted by molar-refractivity contribution is 6.62. The Morgan fingerprint density at radius 2 is 1.74 bits per heavy atom. The van der Waals surface area contributed by atoms with Gasteiger partial charge in [0.2, 0.25) is 5.91 Å². The van der Waals surface area contributed by atoms with Crippen molar-refractivity contribution in [2.24, 2.45) is 0 Å². The Balaban J connectivity index is 2.04. The van der Waals surface area contributed by atoms with Gasteiger partial charge in [0.15, 0.2) is 11.6 Å². The van der Waals surface area contributed by atoms with Crippen LogP contribution in [0.2, 0.25) is 0 Å². The number of hydrogen-bond acceptors (Lipinski definition) is 3. The van der Waals surface area contributed by atoms with Crippen LogP contribution in [0.4, 0.5) is 14.5 Å². The fraction of sp³-hybridized carbons (Fsp3) is 0.562. The molecule has 0 aliphatic carbocycles. The van der Waals surface area contributed by atoms with Crippen molar-refractivity contribution < 1.29 is 22.9 Å². The summed E-state index contributed by atoms with van der Waals surface area (Å²) in [5, 5.41) is 0. The van der Waals surface area contributed by atoms with Gasteiger partial charge in [-0.3, -0.25) is 4.79 Å². The Labute approximate surface area is 134 Å². The van der Waals surface area contributed by atoms with E-state index in [1.807, 2.05) is 27.7 Å². The van der Waals surface area contributed by atoms with Gasteiger partial charge in [0, 0.05) is 18.9 Å². The minimum absolute atomic E-state index is 0.0373. The summed E-state index contributed by atoms with van der Waals surface area (Å²) in [6.45, 7) is 9.11. The van der Waals surface area contributed by atoms with Gasteiger partial charge in [0.25, 0.3) is 0 Å². The standard InChI is InChI=1S/C16H20BF2NO3/c1-9(21)20-7-6-10-8-11(12(18)13(19)14(10)20)17-22-15(2,3)16(4,5)23-17/h8H,6-7H2,1-5H3. The Morgan fingerprint density at radius 3 is 2.26 bits per heavy atom. The highest BCUT2D eigenvalue weighted by Crippen LogP contribution is 2.38. The number of anilines is 1. The second-order valence-corrected chi connectivity index (χ2v) is 7.11. The second-order valence-electron chi connectivity index (χ2n) is 7.11. The van der Waals surface area contributed by atoms with E-state index in [9.17, 15) is 13.6 Å². The summed E-state index contributed by atoms with van der Waals surface area (Å²) in [7, 11) is -0.967. The average molecular weight is 323 g/mol. The lowest BCUT2D eigenvalue weighted by Crippen LogP contribution is -2.41. The van der Waals surface area contributed by atoms with E-state index in [1.54, 1.807) is 6.07 Å². The molecule has 7 heteroatoms. The number of carbonyl (C=O) groups is 1. The summed E-state index contributed by atoms with van der Waals surface area (Å²) >= 11 is 0. The smallest absolute Gasteiger partial charge is 0.399 e. The number of nitrogens with zero attached hydrogens (tertiary/aromatic N) is 1. The SMILES string of the molecule is CC(=O)N1CCc2cc(B3OC(C)(C)C(C)(C)O3)c(F)c(F)c21. The Morgan fingerprint density at radius 1 is 1.17 bits per heavy atom. The van der Waals surface area contributed by atoms with Crippen molar-refractivity contribution in [1.82, 2.24) is 0 Å². The molecule has 0 bridgehead atoms. The van der Waals surface area contributed by atoms with Crippen LogP contribution in [0.3, 0.4) is 0 Å². The molecule has 1 saturated heterocycles. The van der Waals surface area contributed by atoms with Crippen LogP contribution in [-0.2, 0) is 20.5 Å². The summed E-state index contributed by atoms with van der Waals surface area (Å²) in [5.74, 6) is -2.33. The largest absolute Gasteiger partial charge is 0.497 e. The lowest BCUT2D eigenvalue weighted by Gasteiger charge is -2.32. The van der Waals surface area contributed by atoms with E-state index >= 15 is 0 Å². The lowest BCUT2D eigenvalue weighted by atomic mass is 9.77. The van der Waals surface area contributed by atoms with E-state index in [1.165, 1.54) is 11.8 Å². The zero-order valence-electron chi connectivity index (χ0n) is 14.0. The van der Waals surface area contributed by atoms with Crippen LogP contribution in [0.5, 0.6) is 0 Å². The van der Waals surface area contributed by atoms with Gasteiger partial charge in [-0.2, -0.15) is 0 Å². The molecule has 1 aromatic rings. The molecule has 1 fully saturated rings. The van der Waals surface area contributed by atoms with Gasteiger partial charge < -0.3 is 14.2 Å². The van der Waals surface area contributed by atoms with Crippen molar-refractivity contribution in [2.75, 3.05) is 11.4 Å². The van der Waals surface area contributed by atoms with Crippen LogP contribution in [0.25, 0.3) is 0 Å². The van der Waals surface area contributed by atoms with Gasteiger partial charge in [0.05, 0.1) is 16.9 Å². The van der Waals surface area contributed by atoms with Crippen molar-refractivity contribution in [3.05, 3.63) is 23.3 Å². The van der Waals surface area contributed by atoms with Crippen LogP contribution < -0.4 is 10.4 Å². The molecule has 2 heterocycles. The maximum Gasteiger partial charge on any atom is 0.497 e. The third-order valence-corrected chi connectivity index (χ3v) is 5.05. The van der Waals surface area contributed by atoms with E-state index in [-0.39, 0.29) is 17.1 Å². The third kappa shape index (κ3) is 2.37. The molecule has 0 aromatic heterocycles. The van der Waals surface area contributed by atoms with Crippen LogP contribution >= 0.6 is 0 Å². The lowest BCUT2D eigenvalue weighted by molar-refractivity contribution is -0.116. The monoisotopic (exact) mass is 323 g/mol. The van der Waals surface area contributed by atoms with Gasteiger partial charge in [-0.1, -0.05) is 6.07 Å². The van der Waals surface area contributed by atoms with Gasteiger partial charge in [-0.25, -0.2) is 8.78 Å². The second kappa shape index (κ2) is 5.01. The minimum atomic E-state index is -1.02. The Bertz CT molecular complexity index is 674. The first-order valence-electron chi connectivity index (χ1n) is 7.69. The fourth-order valence-corrected chi connectivity index (χ4v) is 2.97. The third-order valence-electron chi connectivity index (χ3n) is 5.05. The first-order valence-corrected chi connectivity index (χ1v) is 7.69. The van der Waals surface area contributed by atoms with Gasteiger partial charge >= 0.3 is 7.12 Å². The quantitative estimate of drug-likeness (QED) is 0.744. The normalized spacial score (nSPS) is 21.7. The molecule has 3 rings (SSSR count). The summed E-state index contributed by atoms with van der Waals surface area (Å²) in [6, 6.07) is 1.55. The maximum atomic E-state index is 14.6. The first kappa shape index (κ1) is 16.4. The minimum Gasteiger partial charge on any atom is -0.399 e. The first-order chi connectivity index (χ1) is 10.5. The predicted molar refractivity (Wildman–Crippen MR) is 83.8 cm³/mol. The summed E-state index contributed by atoms with van der Waals surface area (Å²) in [5.41, 5.74) is -0.583. The number of fused-ring (bicyclic) bond motifs is 1. The molecular weight excluding hydrogens is 303 g/mol. The van der Waals surface area contributed by atoms with Crippen molar-refractivity contribution in [2.45, 2.75) is 52.2 Å². The van der Waals surface area contributed by atoms with E-state index in [2.05, 4.69) is 0 Å². The predicted octanol–water partition coefficient (Wildman–Crippen LogP) is 2.17. The van der Waals surface area contributed by atoms with Crippen molar-refractivity contribution in [3.63, 3.8) is 0 Å². The molecule has 0 N–H and O–H groups in total. The van der Waals surface area contributed by atoms with Crippen molar-refractivity contribution in [3.8, 4) is 0 Å². The fourth-order valence-electron chi connectivity index (χ4n) is 2.97. The van der Waals surface area contributed by atoms with Gasteiger partial charge in [0.1, 0.15) is 0 Å². The number of halogens is 2. The molecule has 1 amide bonds. The summed E-state index contributed by atoms with van der Waals surface area (Å²) in [6.07, 6.45) is 0.485. The highest BCUT2D eigenvalue weighted by atomic mass is 19.2. The van der Waals surface area contributed by atoms with E-state index in [4.69, 9.17) is 9.31 Å². The van der Waals surface area contributed by atoms with Gasteiger partial charge in [-0.05, 0) is 39.7 Å². The average Bonchev–Trinajstić information content (AvgIpc) is 2.93. The molecule has 0 atom stereocenters. The van der Waals surface area contributed by atoms with Crippen LogP contribution in [0.1, 0.15) is 40.2 Å². The number of amides is 1. The Hall–Kier alpha value is -1.47. The molecule has 0 unspecified atom stereocenters. The molecule has 2 aliphatic heterocycles. The molecule has 0 spiro atoms. The number of carbonyl (C=O) groups excluding carboxylic acids is 1. The zero-order chi connectivity index (χ0) is 17.2. The molecule has 4 nitrogen and oxygen atoms in total. The maximum absolute atomic E-state index is 14.6. The number of hydrogen-bond donors (Lipinski definition) is 0. The molecule has 1 aromatic carbocycles. The van der Waals surface area contributed by atoms with Crippen LogP contribution in [-0.4, -0.2) is 30.8 Å². The summed E-state index contributed by atoms with van der Waals surface area (Å²) in [4.78, 5) is 12.8. The van der Waals surface area contributed by atoms with Gasteiger partial charge in [-0.15, -0.1) is 0 Å². The molecule has 23 heavy (non-hydrogen) atoms. The van der Waals surface area contributed by atoms with Crippen LogP contribution in [0, 0.1) is 11.6 Å². The van der Waals surface area contributed by atoms with Crippen molar-refractivity contribution in [1.29, 1.82) is 0 Å². The van der Waals surface area contributed by atoms with Crippen LogP contribution in [0.15, 0.2) is 6.07 Å². The van der Waals surface area contributed by atoms with Crippen molar-refractivity contribution >= 4 is 24.2 Å². The molecule has 0 saturated carbocycles. The van der Waals surface area contributed by atoms with E-state index in [0.717, 1.165) is 0 Å². The van der Waals surface area contributed by atoms with E-state index < -0.39 is 30.0 Å². The molecule has 2 aliphatic rings. The molecule has 124 valence electrons. The van der Waals surface area contributed by atoms with E-state index in [0.29, 0.717) is 18.5 Å². The Kier molecular flexibility index (Phi) is 3.57. The summed E-state index contributed by atoms with van der Waals surface area (Å²) < 4.78 is 40.7. The number of benzene rings is 1. The molecular formula is C16H20BF2NO3. The topological polar surface area (TPSA) is 38.8 Å².